The molecular formula is C23H21F4N3O3S. The third-order valence-electron chi connectivity index (χ3n) is 4.72. The van der Waals surface area contributed by atoms with E-state index in [1.54, 1.807) is 24.4 Å². The number of amides is 2. The normalized spacial score (nSPS) is 11.3. The van der Waals surface area contributed by atoms with Crippen LogP contribution in [0.2, 0.25) is 0 Å². The van der Waals surface area contributed by atoms with Crippen LogP contribution in [0.1, 0.15) is 38.2 Å². The Bertz CT molecular complexity index is 1210. The Kier molecular flexibility index (Phi) is 7.55. The number of rotatable bonds is 7. The Hall–Kier alpha value is -3.47. The minimum absolute atomic E-state index is 0.0300. The average molecular weight is 495 g/mol. The number of benzene rings is 2. The summed E-state index contributed by atoms with van der Waals surface area (Å²) in [6.07, 6.45) is -4.61. The van der Waals surface area contributed by atoms with Crippen molar-refractivity contribution in [3.63, 3.8) is 0 Å². The summed E-state index contributed by atoms with van der Waals surface area (Å²) in [5.41, 5.74) is 0.885. The maximum absolute atomic E-state index is 14.3. The number of aryl methyl sites for hydroxylation is 1. The smallest absolute Gasteiger partial charge is 0.405 e. The van der Waals surface area contributed by atoms with E-state index in [9.17, 15) is 27.2 Å². The molecule has 0 radical (unpaired) electrons. The molecule has 0 fully saturated rings. The van der Waals surface area contributed by atoms with Crippen molar-refractivity contribution in [2.24, 2.45) is 0 Å². The Labute approximate surface area is 197 Å². The summed E-state index contributed by atoms with van der Waals surface area (Å²) in [5.74, 6) is -1.83. The lowest BCUT2D eigenvalue weighted by Crippen LogP contribution is -2.33. The van der Waals surface area contributed by atoms with E-state index in [0.717, 1.165) is 29.0 Å². The molecule has 0 bridgehead atoms. The molecule has 0 aliphatic rings. The van der Waals surface area contributed by atoms with Crippen LogP contribution in [0.4, 0.5) is 23.2 Å². The van der Waals surface area contributed by atoms with Gasteiger partial charge in [0.2, 0.25) is 0 Å². The summed E-state index contributed by atoms with van der Waals surface area (Å²) in [6, 6.07) is 9.15. The van der Waals surface area contributed by atoms with Crippen LogP contribution in [0.25, 0.3) is 10.6 Å². The zero-order chi connectivity index (χ0) is 25.0. The van der Waals surface area contributed by atoms with E-state index in [1.807, 2.05) is 19.1 Å². The predicted octanol–water partition coefficient (Wildman–Crippen LogP) is 5.51. The van der Waals surface area contributed by atoms with Crippen LogP contribution >= 0.6 is 11.3 Å². The molecule has 11 heteroatoms. The molecule has 1 heterocycles. The molecule has 2 N–H and O–H groups in total. The predicted molar refractivity (Wildman–Crippen MR) is 121 cm³/mol. The molecule has 3 rings (SSSR count). The van der Waals surface area contributed by atoms with Crippen LogP contribution in [0.3, 0.4) is 0 Å². The maximum atomic E-state index is 14.3. The zero-order valence-electron chi connectivity index (χ0n) is 18.5. The van der Waals surface area contributed by atoms with Crippen LogP contribution in [0.5, 0.6) is 5.75 Å². The topological polar surface area (TPSA) is 80.3 Å². The number of hydrogen-bond acceptors (Lipinski definition) is 5. The standard InChI is InChI=1S/C23H21F4N3O3S/c1-4-33-16-7-5-14(6-8-16)22-29-13(3)19(34-22)21(32)30-18-10-15(9-17(24)12(18)2)20(31)28-11-23(25,26)27/h5-10H,4,11H2,1-3H3,(H,28,31)(H,30,32). The first-order valence-corrected chi connectivity index (χ1v) is 11.0. The van der Waals surface area contributed by atoms with Gasteiger partial charge in [0.25, 0.3) is 11.8 Å². The molecule has 2 amide bonds. The van der Waals surface area contributed by atoms with Gasteiger partial charge in [0, 0.05) is 22.4 Å². The van der Waals surface area contributed by atoms with Crippen molar-refractivity contribution in [2.75, 3.05) is 18.5 Å². The van der Waals surface area contributed by atoms with Crippen molar-refractivity contribution in [2.45, 2.75) is 26.9 Å². The summed E-state index contributed by atoms with van der Waals surface area (Å²) in [6.45, 7) is 3.88. The molecule has 1 aromatic heterocycles. The van der Waals surface area contributed by atoms with Gasteiger partial charge in [-0.25, -0.2) is 9.37 Å². The van der Waals surface area contributed by atoms with Crippen molar-refractivity contribution < 1.29 is 31.9 Å². The van der Waals surface area contributed by atoms with Gasteiger partial charge >= 0.3 is 6.18 Å². The first-order chi connectivity index (χ1) is 16.0. The van der Waals surface area contributed by atoms with Gasteiger partial charge in [0.1, 0.15) is 28.0 Å². The summed E-state index contributed by atoms with van der Waals surface area (Å²) < 4.78 is 56.9. The molecule has 34 heavy (non-hydrogen) atoms. The van der Waals surface area contributed by atoms with Crippen LogP contribution in [-0.2, 0) is 0 Å². The molecule has 0 aliphatic carbocycles. The molecule has 0 unspecified atom stereocenters. The van der Waals surface area contributed by atoms with Gasteiger partial charge in [-0.2, -0.15) is 13.2 Å². The Morgan fingerprint density at radius 3 is 2.38 bits per heavy atom. The summed E-state index contributed by atoms with van der Waals surface area (Å²) in [5, 5.41) is 4.81. The van der Waals surface area contributed by atoms with Crippen LogP contribution in [-0.4, -0.2) is 36.1 Å². The number of carbonyl (C=O) groups excluding carboxylic acids is 2. The lowest BCUT2D eigenvalue weighted by Gasteiger charge is -2.12. The third-order valence-corrected chi connectivity index (χ3v) is 5.92. The van der Waals surface area contributed by atoms with Crippen molar-refractivity contribution in [1.82, 2.24) is 10.3 Å². The number of nitrogens with one attached hydrogen (secondary N) is 2. The van der Waals surface area contributed by atoms with E-state index in [2.05, 4.69) is 10.3 Å². The minimum atomic E-state index is -4.61. The summed E-state index contributed by atoms with van der Waals surface area (Å²) in [7, 11) is 0. The van der Waals surface area contributed by atoms with E-state index >= 15 is 0 Å². The van der Waals surface area contributed by atoms with Gasteiger partial charge in [-0.1, -0.05) is 0 Å². The second-order valence-corrected chi connectivity index (χ2v) is 8.27. The molecule has 0 spiro atoms. The minimum Gasteiger partial charge on any atom is -0.494 e. The van der Waals surface area contributed by atoms with Gasteiger partial charge in [-0.15, -0.1) is 11.3 Å². The van der Waals surface area contributed by atoms with Crippen molar-refractivity contribution in [3.05, 3.63) is 63.9 Å². The molecule has 0 atom stereocenters. The van der Waals surface area contributed by atoms with Gasteiger partial charge in [-0.3, -0.25) is 9.59 Å². The number of halogens is 4. The van der Waals surface area contributed by atoms with Gasteiger partial charge in [0.05, 0.1) is 12.3 Å². The highest BCUT2D eigenvalue weighted by Crippen LogP contribution is 2.30. The van der Waals surface area contributed by atoms with Crippen LogP contribution in [0.15, 0.2) is 36.4 Å². The van der Waals surface area contributed by atoms with Gasteiger partial charge < -0.3 is 15.4 Å². The molecular weight excluding hydrogens is 474 g/mol. The van der Waals surface area contributed by atoms with E-state index in [1.165, 1.54) is 6.92 Å². The average Bonchev–Trinajstić information content (AvgIpc) is 3.17. The second kappa shape index (κ2) is 10.2. The third kappa shape index (κ3) is 6.10. The van der Waals surface area contributed by atoms with Crippen molar-refractivity contribution >= 4 is 28.8 Å². The fourth-order valence-corrected chi connectivity index (χ4v) is 3.96. The van der Waals surface area contributed by atoms with Crippen molar-refractivity contribution in [3.8, 4) is 16.3 Å². The molecule has 0 saturated carbocycles. The maximum Gasteiger partial charge on any atom is 0.405 e. The molecule has 0 aliphatic heterocycles. The fraction of sp³-hybridized carbons (Fsp3) is 0.261. The fourth-order valence-electron chi connectivity index (χ4n) is 2.99. The second-order valence-electron chi connectivity index (χ2n) is 7.27. The number of carbonyl (C=O) groups is 2. The summed E-state index contributed by atoms with van der Waals surface area (Å²) >= 11 is 1.13. The van der Waals surface area contributed by atoms with E-state index in [0.29, 0.717) is 23.1 Å². The summed E-state index contributed by atoms with van der Waals surface area (Å²) in [4.78, 5) is 29.6. The number of anilines is 1. The lowest BCUT2D eigenvalue weighted by atomic mass is 10.1. The Morgan fingerprint density at radius 1 is 1.09 bits per heavy atom. The quantitative estimate of drug-likeness (QED) is 0.424. The Morgan fingerprint density at radius 2 is 1.76 bits per heavy atom. The molecule has 6 nitrogen and oxygen atoms in total. The molecule has 0 saturated heterocycles. The van der Waals surface area contributed by atoms with Gasteiger partial charge in [-0.05, 0) is 57.2 Å². The zero-order valence-corrected chi connectivity index (χ0v) is 19.3. The number of hydrogen-bond donors (Lipinski definition) is 2. The highest BCUT2D eigenvalue weighted by Gasteiger charge is 2.28. The van der Waals surface area contributed by atoms with E-state index in [-0.39, 0.29) is 21.7 Å². The van der Waals surface area contributed by atoms with Crippen LogP contribution in [0, 0.1) is 19.7 Å². The van der Waals surface area contributed by atoms with Crippen LogP contribution < -0.4 is 15.4 Å². The van der Waals surface area contributed by atoms with E-state index < -0.39 is 30.4 Å². The lowest BCUT2D eigenvalue weighted by molar-refractivity contribution is -0.123. The first kappa shape index (κ1) is 25.2. The number of ether oxygens (including phenoxy) is 1. The number of thiazole rings is 1. The molecule has 180 valence electrons. The van der Waals surface area contributed by atoms with Crippen molar-refractivity contribution in [1.29, 1.82) is 0 Å². The van der Waals surface area contributed by atoms with Gasteiger partial charge in [0.15, 0.2) is 0 Å². The van der Waals surface area contributed by atoms with E-state index in [4.69, 9.17) is 4.74 Å². The Balaban J connectivity index is 1.81. The SMILES string of the molecule is CCOc1ccc(-c2nc(C)c(C(=O)Nc3cc(C(=O)NCC(F)(F)F)cc(F)c3C)s2)cc1. The number of aromatic nitrogens is 1. The molecule has 3 aromatic rings. The number of alkyl halides is 3. The number of nitrogens with zero attached hydrogens (tertiary/aromatic N) is 1. The largest absolute Gasteiger partial charge is 0.494 e. The molecule has 2 aromatic carbocycles. The highest BCUT2D eigenvalue weighted by molar-refractivity contribution is 7.17. The first-order valence-electron chi connectivity index (χ1n) is 10.2. The highest BCUT2D eigenvalue weighted by atomic mass is 32.1. The monoisotopic (exact) mass is 495 g/mol.